The minimum atomic E-state index is 0.0163. The molecule has 1 aliphatic rings. The highest BCUT2D eigenvalue weighted by atomic mass is 16.5. The molecule has 0 saturated carbocycles. The second kappa shape index (κ2) is 6.05. The smallest absolute Gasteiger partial charge is 0.226 e. The lowest BCUT2D eigenvalue weighted by atomic mass is 9.98. The molecule has 1 amide bonds. The average Bonchev–Trinajstić information content (AvgIpc) is 2.90. The van der Waals surface area contributed by atoms with Crippen LogP contribution in [-0.4, -0.2) is 30.7 Å². The van der Waals surface area contributed by atoms with Crippen LogP contribution in [-0.2, 0) is 11.2 Å². The lowest BCUT2D eigenvalue weighted by Gasteiger charge is -2.22. The van der Waals surface area contributed by atoms with Crippen LogP contribution in [0.5, 0.6) is 0 Å². The third kappa shape index (κ3) is 2.99. The molecule has 1 saturated heterocycles. The molecule has 0 unspecified atom stereocenters. The monoisotopic (exact) mass is 273 g/mol. The zero-order chi connectivity index (χ0) is 13.8. The summed E-state index contributed by atoms with van der Waals surface area (Å²) >= 11 is 0. The summed E-state index contributed by atoms with van der Waals surface area (Å²) in [7, 11) is 0. The van der Waals surface area contributed by atoms with E-state index in [1.807, 2.05) is 24.3 Å². The summed E-state index contributed by atoms with van der Waals surface area (Å²) in [5.41, 5.74) is 1.44. The Kier molecular flexibility index (Phi) is 3.97. The van der Waals surface area contributed by atoms with Gasteiger partial charge in [0.1, 0.15) is 5.69 Å². The van der Waals surface area contributed by atoms with Crippen molar-refractivity contribution in [3.63, 3.8) is 0 Å². The molecule has 1 fully saturated rings. The molecule has 0 bridgehead atoms. The molecule has 1 aromatic carbocycles. The van der Waals surface area contributed by atoms with E-state index in [9.17, 15) is 4.79 Å². The number of benzene rings is 1. The quantitative estimate of drug-likeness (QED) is 0.885. The number of hydrogen-bond donors (Lipinski definition) is 2. The van der Waals surface area contributed by atoms with Gasteiger partial charge in [0.2, 0.25) is 5.91 Å². The van der Waals surface area contributed by atoms with Gasteiger partial charge in [-0.05, 0) is 44.0 Å². The number of hydrogen-bond acceptors (Lipinski definition) is 4. The minimum absolute atomic E-state index is 0.0163. The van der Waals surface area contributed by atoms with Gasteiger partial charge in [0.05, 0.1) is 6.42 Å². The fraction of sp³-hybridized carbons (Fsp3) is 0.467. The number of carbonyl (C=O) groups is 1. The second-order valence-electron chi connectivity index (χ2n) is 5.30. The van der Waals surface area contributed by atoms with E-state index in [4.69, 9.17) is 4.52 Å². The van der Waals surface area contributed by atoms with Crippen LogP contribution in [0.15, 0.2) is 28.8 Å². The Morgan fingerprint density at radius 3 is 3.00 bits per heavy atom. The molecular weight excluding hydrogens is 254 g/mol. The van der Waals surface area contributed by atoms with Crippen molar-refractivity contribution in [2.75, 3.05) is 19.6 Å². The Balaban J connectivity index is 1.55. The largest absolute Gasteiger partial charge is 0.356 e. The van der Waals surface area contributed by atoms with Crippen LogP contribution in [0.3, 0.4) is 0 Å². The summed E-state index contributed by atoms with van der Waals surface area (Å²) in [6.07, 6.45) is 2.54. The number of amides is 1. The Morgan fingerprint density at radius 1 is 1.35 bits per heavy atom. The predicted octanol–water partition coefficient (Wildman–Crippen LogP) is 1.49. The average molecular weight is 273 g/mol. The van der Waals surface area contributed by atoms with Gasteiger partial charge in [-0.25, -0.2) is 0 Å². The zero-order valence-electron chi connectivity index (χ0n) is 11.4. The Morgan fingerprint density at radius 2 is 2.15 bits per heavy atom. The summed E-state index contributed by atoms with van der Waals surface area (Å²) in [4.78, 5) is 12.0. The van der Waals surface area contributed by atoms with Crippen molar-refractivity contribution in [2.45, 2.75) is 19.3 Å². The number of rotatable bonds is 4. The molecule has 1 aliphatic heterocycles. The molecule has 5 heteroatoms. The topological polar surface area (TPSA) is 67.2 Å². The summed E-state index contributed by atoms with van der Waals surface area (Å²) in [5, 5.41) is 11.2. The van der Waals surface area contributed by atoms with E-state index < -0.39 is 0 Å². The number of para-hydroxylation sites is 1. The van der Waals surface area contributed by atoms with Crippen molar-refractivity contribution in [3.8, 4) is 0 Å². The van der Waals surface area contributed by atoms with Crippen LogP contribution in [0.4, 0.5) is 0 Å². The molecule has 0 atom stereocenters. The second-order valence-corrected chi connectivity index (χ2v) is 5.30. The van der Waals surface area contributed by atoms with E-state index in [1.54, 1.807) is 0 Å². The highest BCUT2D eigenvalue weighted by molar-refractivity contribution is 5.86. The number of nitrogens with one attached hydrogen (secondary N) is 2. The standard InChI is InChI=1S/C15H19N3O2/c19-15(17-10-11-5-7-16-8-6-11)9-13-12-3-1-2-4-14(12)20-18-13/h1-4,11,16H,5-10H2,(H,17,19). The van der Waals surface area contributed by atoms with Crippen LogP contribution in [0, 0.1) is 5.92 Å². The third-order valence-electron chi connectivity index (χ3n) is 3.83. The molecule has 1 aromatic heterocycles. The first-order chi connectivity index (χ1) is 9.83. The maximum absolute atomic E-state index is 12.0. The normalized spacial score (nSPS) is 16.4. The fourth-order valence-corrected chi connectivity index (χ4v) is 2.62. The molecule has 3 rings (SSSR count). The van der Waals surface area contributed by atoms with Crippen LogP contribution >= 0.6 is 0 Å². The highest BCUT2D eigenvalue weighted by Gasteiger charge is 2.15. The molecule has 106 valence electrons. The number of nitrogens with zero attached hydrogens (tertiary/aromatic N) is 1. The lowest BCUT2D eigenvalue weighted by molar-refractivity contribution is -0.120. The fourth-order valence-electron chi connectivity index (χ4n) is 2.62. The molecule has 5 nitrogen and oxygen atoms in total. The number of piperidine rings is 1. The molecule has 0 radical (unpaired) electrons. The summed E-state index contributed by atoms with van der Waals surface area (Å²) in [5.74, 6) is 0.608. The van der Waals surface area contributed by atoms with Crippen molar-refractivity contribution in [2.24, 2.45) is 5.92 Å². The van der Waals surface area contributed by atoms with Gasteiger partial charge in [-0.2, -0.15) is 0 Å². The third-order valence-corrected chi connectivity index (χ3v) is 3.83. The number of fused-ring (bicyclic) bond motifs is 1. The van der Waals surface area contributed by atoms with Crippen molar-refractivity contribution >= 4 is 16.9 Å². The summed E-state index contributed by atoms with van der Waals surface area (Å²) in [6.45, 7) is 2.86. The molecule has 20 heavy (non-hydrogen) atoms. The van der Waals surface area contributed by atoms with E-state index in [-0.39, 0.29) is 12.3 Å². The molecule has 2 aromatic rings. The van der Waals surface area contributed by atoms with E-state index in [0.29, 0.717) is 11.6 Å². The van der Waals surface area contributed by atoms with Crippen LogP contribution in [0.1, 0.15) is 18.5 Å². The SMILES string of the molecule is O=C(Cc1noc2ccccc12)NCC1CCNCC1. The first kappa shape index (κ1) is 13.1. The van der Waals surface area contributed by atoms with Crippen molar-refractivity contribution in [3.05, 3.63) is 30.0 Å². The molecule has 0 aliphatic carbocycles. The Hall–Kier alpha value is -1.88. The van der Waals surface area contributed by atoms with Gasteiger partial charge in [0.25, 0.3) is 0 Å². The number of aromatic nitrogens is 1. The van der Waals surface area contributed by atoms with Gasteiger partial charge in [0, 0.05) is 11.9 Å². The van der Waals surface area contributed by atoms with Crippen LogP contribution in [0.2, 0.25) is 0 Å². The maximum atomic E-state index is 12.0. The van der Waals surface area contributed by atoms with E-state index in [0.717, 1.165) is 43.4 Å². The highest BCUT2D eigenvalue weighted by Crippen LogP contribution is 2.18. The van der Waals surface area contributed by atoms with Gasteiger partial charge < -0.3 is 15.2 Å². The Bertz CT molecular complexity index is 588. The van der Waals surface area contributed by atoms with Gasteiger partial charge in [-0.15, -0.1) is 0 Å². The predicted molar refractivity (Wildman–Crippen MR) is 76.3 cm³/mol. The first-order valence-corrected chi connectivity index (χ1v) is 7.13. The summed E-state index contributed by atoms with van der Waals surface area (Å²) < 4.78 is 5.21. The maximum Gasteiger partial charge on any atom is 0.226 e. The van der Waals surface area contributed by atoms with Crippen molar-refractivity contribution in [1.29, 1.82) is 0 Å². The van der Waals surface area contributed by atoms with E-state index >= 15 is 0 Å². The minimum Gasteiger partial charge on any atom is -0.356 e. The van der Waals surface area contributed by atoms with E-state index in [1.165, 1.54) is 0 Å². The Labute approximate surface area is 117 Å². The molecular formula is C15H19N3O2. The summed E-state index contributed by atoms with van der Waals surface area (Å²) in [6, 6.07) is 7.62. The molecule has 0 spiro atoms. The molecule has 2 N–H and O–H groups in total. The first-order valence-electron chi connectivity index (χ1n) is 7.13. The van der Waals surface area contributed by atoms with Gasteiger partial charge >= 0.3 is 0 Å². The van der Waals surface area contributed by atoms with Crippen LogP contribution < -0.4 is 10.6 Å². The zero-order valence-corrected chi connectivity index (χ0v) is 11.4. The van der Waals surface area contributed by atoms with Gasteiger partial charge in [-0.3, -0.25) is 4.79 Å². The van der Waals surface area contributed by atoms with Gasteiger partial charge in [-0.1, -0.05) is 17.3 Å². The number of carbonyl (C=O) groups excluding carboxylic acids is 1. The lowest BCUT2D eigenvalue weighted by Crippen LogP contribution is -2.36. The molecule has 2 heterocycles. The van der Waals surface area contributed by atoms with Gasteiger partial charge in [0.15, 0.2) is 5.58 Å². The van der Waals surface area contributed by atoms with Crippen molar-refractivity contribution in [1.82, 2.24) is 15.8 Å². The van der Waals surface area contributed by atoms with Crippen LogP contribution in [0.25, 0.3) is 11.0 Å². The van der Waals surface area contributed by atoms with E-state index in [2.05, 4.69) is 15.8 Å². The van der Waals surface area contributed by atoms with Crippen molar-refractivity contribution < 1.29 is 9.32 Å².